The first-order valence-corrected chi connectivity index (χ1v) is 3.99. The molecule has 2 nitrogen and oxygen atoms in total. The third-order valence-electron chi connectivity index (χ3n) is 2.03. The predicted molar refractivity (Wildman–Crippen MR) is 41.8 cm³/mol. The summed E-state index contributed by atoms with van der Waals surface area (Å²) in [5, 5.41) is 0. The maximum absolute atomic E-state index is 5.22. The molecule has 0 spiro atoms. The van der Waals surface area contributed by atoms with Crippen molar-refractivity contribution in [3.8, 4) is 0 Å². The van der Waals surface area contributed by atoms with E-state index in [1.807, 2.05) is 0 Å². The molecule has 0 aromatic rings. The Labute approximate surface area is 63.2 Å². The molecule has 1 unspecified atom stereocenters. The van der Waals surface area contributed by atoms with Crippen molar-refractivity contribution in [1.29, 1.82) is 0 Å². The lowest BCUT2D eigenvalue weighted by atomic mass is 10.2. The van der Waals surface area contributed by atoms with Crippen molar-refractivity contribution in [1.82, 2.24) is 4.90 Å². The highest BCUT2D eigenvalue weighted by Crippen LogP contribution is 2.05. The van der Waals surface area contributed by atoms with Gasteiger partial charge in [0, 0.05) is 19.1 Å². The van der Waals surface area contributed by atoms with Gasteiger partial charge in [-0.3, -0.25) is 4.90 Å². The number of nitrogens with zero attached hydrogens (tertiary/aromatic N) is 1. The van der Waals surface area contributed by atoms with Gasteiger partial charge in [-0.05, 0) is 13.3 Å². The average molecular weight is 142 g/mol. The van der Waals surface area contributed by atoms with Crippen molar-refractivity contribution < 1.29 is 4.74 Å². The fourth-order valence-corrected chi connectivity index (χ4v) is 1.20. The molecule has 1 aliphatic heterocycles. The molecule has 0 aromatic carbocycles. The number of ether oxygens (including phenoxy) is 1. The Morgan fingerprint density at radius 3 is 2.60 bits per heavy atom. The van der Waals surface area contributed by atoms with E-state index in [9.17, 15) is 0 Å². The van der Waals surface area contributed by atoms with Crippen LogP contribution in [-0.2, 0) is 4.74 Å². The first-order valence-electron chi connectivity index (χ1n) is 3.99. The van der Waals surface area contributed by atoms with E-state index in [4.69, 9.17) is 4.74 Å². The minimum atomic E-state index is 0.490. The van der Waals surface area contributed by atoms with Crippen LogP contribution in [0.3, 0.4) is 0 Å². The Kier molecular flexibility index (Phi) is 3.16. The topological polar surface area (TPSA) is 12.5 Å². The van der Waals surface area contributed by atoms with Gasteiger partial charge in [0.25, 0.3) is 0 Å². The molecule has 0 aromatic heterocycles. The van der Waals surface area contributed by atoms with E-state index < -0.39 is 0 Å². The van der Waals surface area contributed by atoms with Crippen molar-refractivity contribution >= 4 is 0 Å². The zero-order chi connectivity index (χ0) is 7.40. The second-order valence-electron chi connectivity index (χ2n) is 2.71. The van der Waals surface area contributed by atoms with Crippen LogP contribution in [0.25, 0.3) is 0 Å². The van der Waals surface area contributed by atoms with Crippen LogP contribution in [0.4, 0.5) is 0 Å². The molecular weight excluding hydrogens is 126 g/mol. The standard InChI is InChI=1S/C8H16NO/c1-3-8(2)9-4-6-10-7-5-9/h8H,2-7H2,1H3. The van der Waals surface area contributed by atoms with Crippen LogP contribution in [0, 0.1) is 6.92 Å². The van der Waals surface area contributed by atoms with Gasteiger partial charge in [-0.15, -0.1) is 0 Å². The molecule has 0 bridgehead atoms. The van der Waals surface area contributed by atoms with Gasteiger partial charge in [0.2, 0.25) is 0 Å². The molecule has 1 fully saturated rings. The van der Waals surface area contributed by atoms with Crippen LogP contribution < -0.4 is 0 Å². The summed E-state index contributed by atoms with van der Waals surface area (Å²) in [5.41, 5.74) is 0. The molecule has 1 aliphatic rings. The molecule has 2 heteroatoms. The number of hydrogen-bond donors (Lipinski definition) is 0. The second kappa shape index (κ2) is 3.94. The van der Waals surface area contributed by atoms with Gasteiger partial charge < -0.3 is 4.74 Å². The third-order valence-corrected chi connectivity index (χ3v) is 2.03. The van der Waals surface area contributed by atoms with Gasteiger partial charge in [-0.25, -0.2) is 0 Å². The summed E-state index contributed by atoms with van der Waals surface area (Å²) in [7, 11) is 0. The average Bonchev–Trinajstić information content (AvgIpc) is 2.05. The van der Waals surface area contributed by atoms with Crippen LogP contribution in [0.5, 0.6) is 0 Å². The summed E-state index contributed by atoms with van der Waals surface area (Å²) < 4.78 is 5.22. The van der Waals surface area contributed by atoms with E-state index in [-0.39, 0.29) is 0 Å². The lowest BCUT2D eigenvalue weighted by Gasteiger charge is -2.31. The van der Waals surface area contributed by atoms with Crippen LogP contribution >= 0.6 is 0 Å². The van der Waals surface area contributed by atoms with Crippen LogP contribution in [0.2, 0.25) is 0 Å². The van der Waals surface area contributed by atoms with Crippen molar-refractivity contribution in [3.05, 3.63) is 6.92 Å². The Morgan fingerprint density at radius 2 is 2.10 bits per heavy atom. The quantitative estimate of drug-likeness (QED) is 0.568. The molecule has 1 saturated heterocycles. The lowest BCUT2D eigenvalue weighted by Crippen LogP contribution is -2.41. The fourth-order valence-electron chi connectivity index (χ4n) is 1.20. The maximum atomic E-state index is 5.22. The van der Waals surface area contributed by atoms with Crippen LogP contribution in [0.1, 0.15) is 13.3 Å². The van der Waals surface area contributed by atoms with Gasteiger partial charge in [0.1, 0.15) is 0 Å². The lowest BCUT2D eigenvalue weighted by molar-refractivity contribution is 0.0245. The van der Waals surface area contributed by atoms with Crippen LogP contribution in [0.15, 0.2) is 0 Å². The molecule has 0 aliphatic carbocycles. The molecule has 1 radical (unpaired) electrons. The highest BCUT2D eigenvalue weighted by atomic mass is 16.5. The van der Waals surface area contributed by atoms with Gasteiger partial charge in [0.05, 0.1) is 13.2 Å². The summed E-state index contributed by atoms with van der Waals surface area (Å²) in [4.78, 5) is 2.38. The third kappa shape index (κ3) is 1.96. The zero-order valence-corrected chi connectivity index (χ0v) is 6.68. The molecule has 1 heterocycles. The van der Waals surface area contributed by atoms with E-state index in [2.05, 4.69) is 18.7 Å². The van der Waals surface area contributed by atoms with E-state index in [0.717, 1.165) is 32.7 Å². The monoisotopic (exact) mass is 142 g/mol. The number of rotatable bonds is 2. The highest BCUT2D eigenvalue weighted by Gasteiger charge is 2.14. The Hall–Kier alpha value is -0.0800. The minimum Gasteiger partial charge on any atom is -0.379 e. The highest BCUT2D eigenvalue weighted by molar-refractivity contribution is 4.73. The summed E-state index contributed by atoms with van der Waals surface area (Å²) in [6.07, 6.45) is 1.14. The van der Waals surface area contributed by atoms with E-state index in [1.165, 1.54) is 0 Å². The van der Waals surface area contributed by atoms with E-state index in [0.29, 0.717) is 6.04 Å². The Bertz CT molecular complexity index is 89.3. The molecule has 59 valence electrons. The Balaban J connectivity index is 2.24. The van der Waals surface area contributed by atoms with Gasteiger partial charge >= 0.3 is 0 Å². The summed E-state index contributed by atoms with van der Waals surface area (Å²) in [5.74, 6) is 0. The molecular formula is C8H16NO. The van der Waals surface area contributed by atoms with Crippen molar-refractivity contribution in [2.75, 3.05) is 26.3 Å². The van der Waals surface area contributed by atoms with Crippen molar-refractivity contribution in [3.63, 3.8) is 0 Å². The normalized spacial score (nSPS) is 24.6. The minimum absolute atomic E-state index is 0.490. The van der Waals surface area contributed by atoms with E-state index >= 15 is 0 Å². The fraction of sp³-hybridized carbons (Fsp3) is 0.875. The van der Waals surface area contributed by atoms with Crippen molar-refractivity contribution in [2.45, 2.75) is 19.4 Å². The first kappa shape index (κ1) is 8.02. The maximum Gasteiger partial charge on any atom is 0.0594 e. The Morgan fingerprint density at radius 1 is 1.50 bits per heavy atom. The number of morpholine rings is 1. The van der Waals surface area contributed by atoms with Gasteiger partial charge in [0.15, 0.2) is 0 Å². The van der Waals surface area contributed by atoms with Crippen molar-refractivity contribution in [2.24, 2.45) is 0 Å². The summed E-state index contributed by atoms with van der Waals surface area (Å²) >= 11 is 0. The molecule has 1 atom stereocenters. The molecule has 0 N–H and O–H groups in total. The summed E-state index contributed by atoms with van der Waals surface area (Å²) in [6.45, 7) is 10.1. The largest absolute Gasteiger partial charge is 0.379 e. The molecule has 0 amide bonds. The van der Waals surface area contributed by atoms with Gasteiger partial charge in [-0.2, -0.15) is 0 Å². The zero-order valence-electron chi connectivity index (χ0n) is 6.68. The SMILES string of the molecule is [CH2]C(CC)N1CCOCC1. The second-order valence-corrected chi connectivity index (χ2v) is 2.71. The predicted octanol–water partition coefficient (Wildman–Crippen LogP) is 0.931. The smallest absolute Gasteiger partial charge is 0.0594 e. The van der Waals surface area contributed by atoms with Gasteiger partial charge in [-0.1, -0.05) is 6.92 Å². The number of hydrogen-bond acceptors (Lipinski definition) is 2. The molecule has 0 saturated carbocycles. The molecule has 1 rings (SSSR count). The molecule has 10 heavy (non-hydrogen) atoms. The van der Waals surface area contributed by atoms with E-state index in [1.54, 1.807) is 0 Å². The summed E-state index contributed by atoms with van der Waals surface area (Å²) in [6, 6.07) is 0.490. The first-order chi connectivity index (χ1) is 4.84. The van der Waals surface area contributed by atoms with Crippen LogP contribution in [-0.4, -0.2) is 37.2 Å².